The molecule has 1 saturated heterocycles. The monoisotopic (exact) mass is 475 g/mol. The molecule has 1 amide bonds. The first-order valence-corrected chi connectivity index (χ1v) is 11.5. The largest absolute Gasteiger partial charge is 0.488 e. The number of carbonyl (C=O) groups is 2. The molecule has 1 N–H and O–H groups in total. The van der Waals surface area contributed by atoms with E-state index in [1.807, 2.05) is 49.4 Å². The average molecular weight is 476 g/mol. The summed E-state index contributed by atoms with van der Waals surface area (Å²) < 4.78 is 6.21. The number of para-hydroxylation sites is 1. The second-order valence-corrected chi connectivity index (χ2v) is 9.05. The van der Waals surface area contributed by atoms with Crippen molar-refractivity contribution in [2.45, 2.75) is 38.8 Å². The number of halogens is 1. The van der Waals surface area contributed by atoms with Gasteiger partial charge in [-0.05, 0) is 24.6 Å². The van der Waals surface area contributed by atoms with Gasteiger partial charge < -0.3 is 9.84 Å². The number of ether oxygens (including phenoxy) is 1. The van der Waals surface area contributed by atoms with E-state index in [2.05, 4.69) is 0 Å². The molecule has 0 aliphatic carbocycles. The number of hydrogen-bond acceptors (Lipinski definition) is 5. The highest BCUT2D eigenvalue weighted by atomic mass is 35.5. The van der Waals surface area contributed by atoms with Crippen molar-refractivity contribution < 1.29 is 19.4 Å². The lowest BCUT2D eigenvalue weighted by Crippen LogP contribution is -2.43. The molecule has 0 radical (unpaired) electrons. The number of amides is 1. The van der Waals surface area contributed by atoms with Crippen molar-refractivity contribution in [1.82, 2.24) is 4.90 Å². The maximum atomic E-state index is 13.0. The normalized spacial score (nSPS) is 16.1. The molecular weight excluding hydrogens is 454 g/mol. The lowest BCUT2D eigenvalue weighted by molar-refractivity contribution is -0.145. The van der Waals surface area contributed by atoms with Crippen molar-refractivity contribution in [2.75, 3.05) is 0 Å². The Morgan fingerprint density at radius 1 is 1.26 bits per heavy atom. The third-order valence-electron chi connectivity index (χ3n) is 4.80. The van der Waals surface area contributed by atoms with Gasteiger partial charge in [-0.2, -0.15) is 0 Å². The summed E-state index contributed by atoms with van der Waals surface area (Å²) in [7, 11) is 0. The van der Waals surface area contributed by atoms with Crippen LogP contribution in [-0.2, 0) is 16.2 Å². The van der Waals surface area contributed by atoms with Crippen LogP contribution in [0.25, 0.3) is 6.08 Å². The summed E-state index contributed by atoms with van der Waals surface area (Å²) >= 11 is 12.6. The Hall–Kier alpha value is -2.35. The van der Waals surface area contributed by atoms with Crippen LogP contribution < -0.4 is 4.74 Å². The molecule has 3 rings (SSSR count). The second-order valence-electron chi connectivity index (χ2n) is 6.97. The summed E-state index contributed by atoms with van der Waals surface area (Å²) in [5.74, 6) is -0.845. The van der Waals surface area contributed by atoms with Gasteiger partial charge in [-0.15, -0.1) is 0 Å². The predicted octanol–water partition coefficient (Wildman–Crippen LogP) is 5.76. The molecule has 0 aromatic heterocycles. The van der Waals surface area contributed by atoms with Crippen LogP contribution in [0.3, 0.4) is 0 Å². The van der Waals surface area contributed by atoms with E-state index in [9.17, 15) is 14.7 Å². The van der Waals surface area contributed by atoms with Gasteiger partial charge in [0.1, 0.15) is 22.7 Å². The van der Waals surface area contributed by atoms with Crippen molar-refractivity contribution in [3.8, 4) is 5.75 Å². The zero-order chi connectivity index (χ0) is 22.4. The highest BCUT2D eigenvalue weighted by molar-refractivity contribution is 8.26. The molecule has 1 atom stereocenters. The standard InChI is InChI=1S/C23H22ClNO4S2/c1-2-3-11-18(22(27)28)25-21(26)20(31-23(25)30)13-15-8-5-7-12-19(15)29-14-16-9-4-6-10-17(16)24/h4-10,12-13,18H,2-3,11,14H2,1H3,(H,27,28). The first-order valence-electron chi connectivity index (χ1n) is 9.87. The van der Waals surface area contributed by atoms with Crippen molar-refractivity contribution in [1.29, 1.82) is 0 Å². The van der Waals surface area contributed by atoms with Crippen molar-refractivity contribution >= 4 is 57.9 Å². The molecule has 2 aromatic rings. The van der Waals surface area contributed by atoms with Crippen molar-refractivity contribution in [3.05, 3.63) is 69.6 Å². The van der Waals surface area contributed by atoms with E-state index in [1.54, 1.807) is 12.1 Å². The average Bonchev–Trinajstić information content (AvgIpc) is 3.02. The number of thiocarbonyl (C=S) groups is 1. The van der Waals surface area contributed by atoms with E-state index in [0.717, 1.165) is 23.7 Å². The molecule has 5 nitrogen and oxygen atoms in total. The Morgan fingerprint density at radius 3 is 2.68 bits per heavy atom. The van der Waals surface area contributed by atoms with Gasteiger partial charge in [-0.25, -0.2) is 4.79 Å². The number of carboxylic acids is 1. The fraction of sp³-hybridized carbons (Fsp3) is 0.261. The van der Waals surface area contributed by atoms with Crippen LogP contribution in [0.5, 0.6) is 5.75 Å². The van der Waals surface area contributed by atoms with E-state index in [1.165, 1.54) is 4.90 Å². The molecule has 0 spiro atoms. The van der Waals surface area contributed by atoms with Gasteiger partial charge in [-0.3, -0.25) is 9.69 Å². The fourth-order valence-corrected chi connectivity index (χ4v) is 4.69. The highest BCUT2D eigenvalue weighted by Gasteiger charge is 2.40. The summed E-state index contributed by atoms with van der Waals surface area (Å²) in [6, 6.07) is 13.8. The summed E-state index contributed by atoms with van der Waals surface area (Å²) in [6.07, 6.45) is 3.60. The molecule has 162 valence electrons. The van der Waals surface area contributed by atoms with Gasteiger partial charge in [0.05, 0.1) is 4.91 Å². The Kier molecular flexibility index (Phi) is 8.12. The Labute approximate surface area is 196 Å². The number of nitrogens with zero attached hydrogens (tertiary/aromatic N) is 1. The van der Waals surface area contributed by atoms with Crippen LogP contribution in [0, 0.1) is 0 Å². The van der Waals surface area contributed by atoms with Crippen LogP contribution in [0.4, 0.5) is 0 Å². The molecule has 0 saturated carbocycles. The molecule has 2 aromatic carbocycles. The minimum atomic E-state index is -1.05. The number of hydrogen-bond donors (Lipinski definition) is 1. The summed E-state index contributed by atoms with van der Waals surface area (Å²) in [5, 5.41) is 10.2. The third-order valence-corrected chi connectivity index (χ3v) is 6.50. The molecule has 31 heavy (non-hydrogen) atoms. The molecule has 1 aliphatic rings. The predicted molar refractivity (Wildman–Crippen MR) is 128 cm³/mol. The van der Waals surface area contributed by atoms with Gasteiger partial charge in [0.2, 0.25) is 0 Å². The maximum absolute atomic E-state index is 13.0. The van der Waals surface area contributed by atoms with Crippen LogP contribution in [-0.4, -0.2) is 32.2 Å². The number of thioether (sulfide) groups is 1. The fourth-order valence-electron chi connectivity index (χ4n) is 3.15. The van der Waals surface area contributed by atoms with Gasteiger partial charge in [0.25, 0.3) is 5.91 Å². The van der Waals surface area contributed by atoms with Crippen LogP contribution >= 0.6 is 35.6 Å². The van der Waals surface area contributed by atoms with Crippen LogP contribution in [0.2, 0.25) is 5.02 Å². The van der Waals surface area contributed by atoms with Gasteiger partial charge >= 0.3 is 5.97 Å². The maximum Gasteiger partial charge on any atom is 0.326 e. The van der Waals surface area contributed by atoms with E-state index < -0.39 is 12.0 Å². The first-order chi connectivity index (χ1) is 14.9. The zero-order valence-electron chi connectivity index (χ0n) is 16.9. The molecule has 0 bridgehead atoms. The first kappa shape index (κ1) is 23.3. The lowest BCUT2D eigenvalue weighted by atomic mass is 10.1. The summed E-state index contributed by atoms with van der Waals surface area (Å²) in [5.41, 5.74) is 1.56. The Bertz CT molecular complexity index is 1020. The van der Waals surface area contributed by atoms with Gasteiger partial charge in [-0.1, -0.05) is 91.7 Å². The van der Waals surface area contributed by atoms with E-state index >= 15 is 0 Å². The summed E-state index contributed by atoms with van der Waals surface area (Å²) in [6.45, 7) is 2.26. The van der Waals surface area contributed by atoms with Crippen molar-refractivity contribution in [2.24, 2.45) is 0 Å². The number of carbonyl (C=O) groups excluding carboxylic acids is 1. The van der Waals surface area contributed by atoms with Crippen LogP contribution in [0.15, 0.2) is 53.4 Å². The topological polar surface area (TPSA) is 66.8 Å². The second kappa shape index (κ2) is 10.8. The quantitative estimate of drug-likeness (QED) is 0.367. The Balaban J connectivity index is 1.82. The molecule has 1 fully saturated rings. The van der Waals surface area contributed by atoms with Gasteiger partial charge in [0, 0.05) is 16.1 Å². The van der Waals surface area contributed by atoms with E-state index in [0.29, 0.717) is 34.1 Å². The van der Waals surface area contributed by atoms with E-state index in [-0.39, 0.29) is 16.8 Å². The summed E-state index contributed by atoms with van der Waals surface area (Å²) in [4.78, 5) is 26.3. The number of aliphatic carboxylic acids is 1. The lowest BCUT2D eigenvalue weighted by Gasteiger charge is -2.22. The zero-order valence-corrected chi connectivity index (χ0v) is 19.3. The molecule has 1 aliphatic heterocycles. The van der Waals surface area contributed by atoms with Gasteiger partial charge in [0.15, 0.2) is 0 Å². The highest BCUT2D eigenvalue weighted by Crippen LogP contribution is 2.36. The number of carboxylic acid groups (broad SMARTS) is 1. The van der Waals surface area contributed by atoms with Crippen molar-refractivity contribution in [3.63, 3.8) is 0 Å². The number of benzene rings is 2. The third kappa shape index (κ3) is 5.67. The Morgan fingerprint density at radius 2 is 1.97 bits per heavy atom. The molecule has 8 heteroatoms. The smallest absolute Gasteiger partial charge is 0.326 e. The van der Waals surface area contributed by atoms with Crippen LogP contribution in [0.1, 0.15) is 37.3 Å². The SMILES string of the molecule is CCCCC(C(=O)O)N1C(=O)C(=Cc2ccccc2OCc2ccccc2Cl)SC1=S. The molecular formula is C23H22ClNO4S2. The number of rotatable bonds is 9. The van der Waals surface area contributed by atoms with E-state index in [4.69, 9.17) is 28.6 Å². The molecule has 1 heterocycles. The number of unbranched alkanes of at least 4 members (excludes halogenated alkanes) is 1. The molecule has 1 unspecified atom stereocenters. The minimum absolute atomic E-state index is 0.259. The minimum Gasteiger partial charge on any atom is -0.488 e.